The van der Waals surface area contributed by atoms with E-state index in [0.717, 1.165) is 16.9 Å². The molecule has 1 heterocycles. The first kappa shape index (κ1) is 13.8. The van der Waals surface area contributed by atoms with Crippen molar-refractivity contribution in [2.45, 2.75) is 13.0 Å². The topological polar surface area (TPSA) is 34.9 Å². The van der Waals surface area contributed by atoms with Gasteiger partial charge in [0.15, 0.2) is 0 Å². The first-order valence-electron chi connectivity index (χ1n) is 5.62. The van der Waals surface area contributed by atoms with Crippen LogP contribution in [0.25, 0.3) is 11.0 Å². The Hall–Kier alpha value is -0.580. The lowest BCUT2D eigenvalue weighted by Gasteiger charge is -2.07. The van der Waals surface area contributed by atoms with Crippen LogP contribution in [0.15, 0.2) is 18.2 Å². The number of imidazole rings is 1. The van der Waals surface area contributed by atoms with Gasteiger partial charge in [-0.1, -0.05) is 11.6 Å². The highest BCUT2D eigenvalue weighted by molar-refractivity contribution is 7.84. The summed E-state index contributed by atoms with van der Waals surface area (Å²) in [5.74, 6) is 2.05. The van der Waals surface area contributed by atoms with Gasteiger partial charge >= 0.3 is 0 Å². The van der Waals surface area contributed by atoms with Crippen LogP contribution in [0.3, 0.4) is 0 Å². The van der Waals surface area contributed by atoms with E-state index in [1.54, 1.807) is 6.26 Å². The van der Waals surface area contributed by atoms with E-state index >= 15 is 0 Å². The Kier molecular flexibility index (Phi) is 4.65. The summed E-state index contributed by atoms with van der Waals surface area (Å²) in [7, 11) is -0.825. The predicted octanol–water partition coefficient (Wildman–Crippen LogP) is 2.85. The molecule has 1 aromatic heterocycles. The van der Waals surface area contributed by atoms with Gasteiger partial charge in [-0.3, -0.25) is 4.21 Å². The second kappa shape index (κ2) is 6.04. The number of hydrogen-bond donors (Lipinski definition) is 0. The highest BCUT2D eigenvalue weighted by Gasteiger charge is 2.11. The van der Waals surface area contributed by atoms with E-state index in [1.807, 2.05) is 18.2 Å². The quantitative estimate of drug-likeness (QED) is 0.796. The third-order valence-electron chi connectivity index (χ3n) is 2.71. The van der Waals surface area contributed by atoms with Gasteiger partial charge in [0, 0.05) is 46.7 Å². The number of benzene rings is 1. The van der Waals surface area contributed by atoms with Crippen molar-refractivity contribution >= 4 is 45.0 Å². The molecule has 2 rings (SSSR count). The minimum absolute atomic E-state index is 0.520. The molecule has 18 heavy (non-hydrogen) atoms. The first-order chi connectivity index (χ1) is 8.61. The zero-order valence-corrected chi connectivity index (χ0v) is 12.4. The summed E-state index contributed by atoms with van der Waals surface area (Å²) in [6.45, 7) is 0.673. The van der Waals surface area contributed by atoms with Crippen LogP contribution in [0.4, 0.5) is 0 Å². The molecule has 0 N–H and O–H groups in total. The van der Waals surface area contributed by atoms with Crippen molar-refractivity contribution < 1.29 is 4.21 Å². The smallest absolute Gasteiger partial charge is 0.111 e. The highest BCUT2D eigenvalue weighted by Crippen LogP contribution is 2.21. The first-order valence-corrected chi connectivity index (χ1v) is 8.26. The van der Waals surface area contributed by atoms with E-state index in [0.29, 0.717) is 29.6 Å². The Labute approximate surface area is 119 Å². The van der Waals surface area contributed by atoms with Crippen LogP contribution in [-0.4, -0.2) is 31.6 Å². The summed E-state index contributed by atoms with van der Waals surface area (Å²) >= 11 is 11.8. The van der Waals surface area contributed by atoms with E-state index in [9.17, 15) is 4.21 Å². The molecule has 0 radical (unpaired) electrons. The molecule has 1 aromatic carbocycles. The van der Waals surface area contributed by atoms with Gasteiger partial charge in [0.25, 0.3) is 0 Å². The Bertz CT molecular complexity index is 583. The second-order valence-corrected chi connectivity index (χ2v) is 6.40. The van der Waals surface area contributed by atoms with Gasteiger partial charge < -0.3 is 4.57 Å². The fourth-order valence-corrected chi connectivity index (χ4v) is 2.67. The van der Waals surface area contributed by atoms with Crippen LogP contribution >= 0.6 is 23.2 Å². The number of aromatic nitrogens is 2. The van der Waals surface area contributed by atoms with Crippen LogP contribution < -0.4 is 0 Å². The van der Waals surface area contributed by atoms with E-state index in [1.165, 1.54) is 0 Å². The molecular formula is C12H14Cl2N2OS. The van der Waals surface area contributed by atoms with Crippen molar-refractivity contribution in [3.63, 3.8) is 0 Å². The average Bonchev–Trinajstić information content (AvgIpc) is 2.64. The lowest BCUT2D eigenvalue weighted by atomic mass is 10.3. The highest BCUT2D eigenvalue weighted by atomic mass is 35.5. The molecule has 1 atom stereocenters. The summed E-state index contributed by atoms with van der Waals surface area (Å²) in [4.78, 5) is 4.54. The normalized spacial score (nSPS) is 13.1. The number of aryl methyl sites for hydroxylation is 2. The Morgan fingerprint density at radius 3 is 2.89 bits per heavy atom. The Balaban J connectivity index is 2.46. The van der Waals surface area contributed by atoms with E-state index < -0.39 is 10.8 Å². The maximum atomic E-state index is 11.2. The third kappa shape index (κ3) is 3.05. The summed E-state index contributed by atoms with van der Waals surface area (Å²) in [6, 6.07) is 5.61. The number of alkyl halides is 1. The van der Waals surface area contributed by atoms with E-state index in [4.69, 9.17) is 23.2 Å². The SMILES string of the molecule is CS(=O)CCn1c(CCCl)nc2ccc(Cl)cc21. The average molecular weight is 305 g/mol. The zero-order chi connectivity index (χ0) is 13.1. The molecule has 1 unspecified atom stereocenters. The number of nitrogens with zero attached hydrogens (tertiary/aromatic N) is 2. The molecular weight excluding hydrogens is 291 g/mol. The standard InChI is InChI=1S/C12H14Cl2N2OS/c1-18(17)7-6-16-11-8-9(14)2-3-10(11)15-12(16)4-5-13/h2-3,8H,4-7H2,1H3. The van der Waals surface area contributed by atoms with Crippen LogP contribution in [0.1, 0.15) is 5.82 Å². The van der Waals surface area contributed by atoms with Crippen molar-refractivity contribution in [3.05, 3.63) is 29.0 Å². The fraction of sp³-hybridized carbons (Fsp3) is 0.417. The Morgan fingerprint density at radius 1 is 1.44 bits per heavy atom. The van der Waals surface area contributed by atoms with E-state index in [2.05, 4.69) is 9.55 Å². The second-order valence-electron chi connectivity index (χ2n) is 4.03. The lowest BCUT2D eigenvalue weighted by Crippen LogP contribution is -2.10. The maximum absolute atomic E-state index is 11.2. The molecule has 0 saturated carbocycles. The van der Waals surface area contributed by atoms with Crippen LogP contribution in [0.2, 0.25) is 5.02 Å². The van der Waals surface area contributed by atoms with Crippen LogP contribution in [-0.2, 0) is 23.8 Å². The molecule has 98 valence electrons. The van der Waals surface area contributed by atoms with Crippen LogP contribution in [0, 0.1) is 0 Å². The summed E-state index contributed by atoms with van der Waals surface area (Å²) in [5, 5.41) is 0.679. The summed E-state index contributed by atoms with van der Waals surface area (Å²) in [5.41, 5.74) is 1.88. The minimum Gasteiger partial charge on any atom is -0.327 e. The molecule has 0 bridgehead atoms. The van der Waals surface area contributed by atoms with Crippen molar-refractivity contribution in [1.82, 2.24) is 9.55 Å². The van der Waals surface area contributed by atoms with Gasteiger partial charge in [-0.2, -0.15) is 0 Å². The molecule has 3 nitrogen and oxygen atoms in total. The Morgan fingerprint density at radius 2 is 2.22 bits per heavy atom. The predicted molar refractivity (Wildman–Crippen MR) is 78.1 cm³/mol. The zero-order valence-electron chi connectivity index (χ0n) is 10.0. The van der Waals surface area contributed by atoms with Crippen LogP contribution in [0.5, 0.6) is 0 Å². The third-order valence-corrected chi connectivity index (χ3v) is 3.89. The largest absolute Gasteiger partial charge is 0.327 e. The molecule has 0 aliphatic heterocycles. The van der Waals surface area contributed by atoms with Gasteiger partial charge in [0.05, 0.1) is 11.0 Å². The molecule has 0 fully saturated rings. The molecule has 0 spiro atoms. The molecule has 0 amide bonds. The number of fused-ring (bicyclic) bond motifs is 1. The molecule has 0 aliphatic carbocycles. The number of rotatable bonds is 5. The van der Waals surface area contributed by atoms with E-state index in [-0.39, 0.29) is 0 Å². The summed E-state index contributed by atoms with van der Waals surface area (Å²) in [6.07, 6.45) is 2.40. The maximum Gasteiger partial charge on any atom is 0.111 e. The molecule has 6 heteroatoms. The van der Waals surface area contributed by atoms with Gasteiger partial charge in [0.1, 0.15) is 5.82 Å². The summed E-state index contributed by atoms with van der Waals surface area (Å²) < 4.78 is 13.3. The van der Waals surface area contributed by atoms with Gasteiger partial charge in [0.2, 0.25) is 0 Å². The minimum atomic E-state index is -0.825. The van der Waals surface area contributed by atoms with Gasteiger partial charge in [-0.15, -0.1) is 11.6 Å². The van der Waals surface area contributed by atoms with Crippen molar-refractivity contribution in [2.75, 3.05) is 17.9 Å². The van der Waals surface area contributed by atoms with Crippen molar-refractivity contribution in [2.24, 2.45) is 0 Å². The van der Waals surface area contributed by atoms with Crippen molar-refractivity contribution in [1.29, 1.82) is 0 Å². The van der Waals surface area contributed by atoms with Crippen molar-refractivity contribution in [3.8, 4) is 0 Å². The lowest BCUT2D eigenvalue weighted by molar-refractivity contribution is 0.674. The molecule has 0 saturated heterocycles. The fourth-order valence-electron chi connectivity index (χ4n) is 1.89. The number of halogens is 2. The van der Waals surface area contributed by atoms with Gasteiger partial charge in [-0.25, -0.2) is 4.98 Å². The van der Waals surface area contributed by atoms with Gasteiger partial charge in [-0.05, 0) is 18.2 Å². The number of hydrogen-bond acceptors (Lipinski definition) is 2. The molecule has 0 aliphatic rings. The molecule has 2 aromatic rings. The monoisotopic (exact) mass is 304 g/mol.